The van der Waals surface area contributed by atoms with Gasteiger partial charge in [-0.3, -0.25) is 4.79 Å². The van der Waals surface area contributed by atoms with Crippen molar-refractivity contribution >= 4 is 17.3 Å². The second-order valence-electron chi connectivity index (χ2n) is 5.27. The first-order valence-electron chi connectivity index (χ1n) is 6.93. The molecule has 102 valence electrons. The molecule has 0 radical (unpaired) electrons. The van der Waals surface area contributed by atoms with E-state index in [2.05, 4.69) is 0 Å². The highest BCUT2D eigenvalue weighted by Crippen LogP contribution is 2.32. The zero-order valence-electron chi connectivity index (χ0n) is 11.6. The van der Waals surface area contributed by atoms with Gasteiger partial charge in [0.05, 0.1) is 0 Å². The molecule has 1 aliphatic heterocycles. The van der Waals surface area contributed by atoms with E-state index in [1.165, 1.54) is 0 Å². The number of aryl methyl sites for hydroxylation is 1. The summed E-state index contributed by atoms with van der Waals surface area (Å²) < 4.78 is 0. The molecule has 0 saturated carbocycles. The Kier molecular flexibility index (Phi) is 3.18. The SMILES string of the molecule is Cc1cccc(C(=O)N2CCCc3c(N)cccc32)c1. The molecule has 20 heavy (non-hydrogen) atoms. The molecular weight excluding hydrogens is 248 g/mol. The summed E-state index contributed by atoms with van der Waals surface area (Å²) in [5, 5.41) is 0. The summed E-state index contributed by atoms with van der Waals surface area (Å²) in [4.78, 5) is 14.6. The first-order valence-corrected chi connectivity index (χ1v) is 6.93. The van der Waals surface area contributed by atoms with Crippen LogP contribution in [-0.2, 0) is 6.42 Å². The Hall–Kier alpha value is -2.29. The van der Waals surface area contributed by atoms with Crippen LogP contribution in [0.3, 0.4) is 0 Å². The minimum atomic E-state index is 0.0558. The molecule has 1 amide bonds. The third kappa shape index (κ3) is 2.16. The van der Waals surface area contributed by atoms with Crippen LogP contribution < -0.4 is 10.6 Å². The molecule has 1 aliphatic rings. The lowest BCUT2D eigenvalue weighted by Crippen LogP contribution is -2.35. The summed E-state index contributed by atoms with van der Waals surface area (Å²) in [6.45, 7) is 2.75. The fraction of sp³-hybridized carbons (Fsp3) is 0.235. The number of hydrogen-bond acceptors (Lipinski definition) is 2. The summed E-state index contributed by atoms with van der Waals surface area (Å²) in [5.41, 5.74) is 10.7. The van der Waals surface area contributed by atoms with E-state index in [1.54, 1.807) is 0 Å². The average molecular weight is 266 g/mol. The monoisotopic (exact) mass is 266 g/mol. The van der Waals surface area contributed by atoms with Crippen LogP contribution in [0.15, 0.2) is 42.5 Å². The number of hydrogen-bond donors (Lipinski definition) is 1. The molecule has 3 heteroatoms. The van der Waals surface area contributed by atoms with Gasteiger partial charge in [-0.2, -0.15) is 0 Å². The van der Waals surface area contributed by atoms with E-state index in [9.17, 15) is 4.79 Å². The van der Waals surface area contributed by atoms with Crippen molar-refractivity contribution in [1.29, 1.82) is 0 Å². The maximum atomic E-state index is 12.7. The topological polar surface area (TPSA) is 46.3 Å². The van der Waals surface area contributed by atoms with Gasteiger partial charge in [0.25, 0.3) is 5.91 Å². The highest BCUT2D eigenvalue weighted by molar-refractivity contribution is 6.07. The quantitative estimate of drug-likeness (QED) is 0.806. The van der Waals surface area contributed by atoms with E-state index >= 15 is 0 Å². The maximum absolute atomic E-state index is 12.7. The number of nitrogens with two attached hydrogens (primary N) is 1. The van der Waals surface area contributed by atoms with Crippen LogP contribution in [0.1, 0.15) is 27.9 Å². The predicted molar refractivity (Wildman–Crippen MR) is 82.0 cm³/mol. The first kappa shape index (κ1) is 12.7. The van der Waals surface area contributed by atoms with Gasteiger partial charge < -0.3 is 10.6 Å². The molecule has 1 heterocycles. The number of benzene rings is 2. The molecule has 0 saturated heterocycles. The summed E-state index contributed by atoms with van der Waals surface area (Å²) in [5.74, 6) is 0.0558. The Bertz CT molecular complexity index is 664. The van der Waals surface area contributed by atoms with Gasteiger partial charge >= 0.3 is 0 Å². The Morgan fingerprint density at radius 2 is 2.00 bits per heavy atom. The van der Waals surface area contributed by atoms with Gasteiger partial charge in [0.15, 0.2) is 0 Å². The molecule has 0 unspecified atom stereocenters. The number of amides is 1. The van der Waals surface area contributed by atoms with E-state index in [-0.39, 0.29) is 5.91 Å². The standard InChI is InChI=1S/C17H18N2O/c1-12-5-2-6-13(11-12)17(20)19-10-4-7-14-15(18)8-3-9-16(14)19/h2-3,5-6,8-9,11H,4,7,10,18H2,1H3. The highest BCUT2D eigenvalue weighted by Gasteiger charge is 2.24. The normalized spacial score (nSPS) is 13.9. The molecule has 0 bridgehead atoms. The first-order chi connectivity index (χ1) is 9.66. The van der Waals surface area contributed by atoms with Crippen LogP contribution in [0.5, 0.6) is 0 Å². The van der Waals surface area contributed by atoms with E-state index < -0.39 is 0 Å². The second-order valence-corrected chi connectivity index (χ2v) is 5.27. The smallest absolute Gasteiger partial charge is 0.258 e. The number of rotatable bonds is 1. The fourth-order valence-corrected chi connectivity index (χ4v) is 2.80. The number of carbonyl (C=O) groups is 1. The van der Waals surface area contributed by atoms with Crippen molar-refractivity contribution < 1.29 is 4.79 Å². The summed E-state index contributed by atoms with van der Waals surface area (Å²) in [7, 11) is 0. The van der Waals surface area contributed by atoms with Crippen LogP contribution in [-0.4, -0.2) is 12.5 Å². The van der Waals surface area contributed by atoms with Crippen molar-refractivity contribution in [2.45, 2.75) is 19.8 Å². The van der Waals surface area contributed by atoms with Gasteiger partial charge in [0, 0.05) is 23.5 Å². The molecule has 0 aliphatic carbocycles. The van der Waals surface area contributed by atoms with Crippen molar-refractivity contribution in [3.63, 3.8) is 0 Å². The average Bonchev–Trinajstić information content (AvgIpc) is 2.46. The van der Waals surface area contributed by atoms with Gasteiger partial charge in [-0.25, -0.2) is 0 Å². The number of anilines is 2. The van der Waals surface area contributed by atoms with Gasteiger partial charge in [0.2, 0.25) is 0 Å². The lowest BCUT2D eigenvalue weighted by molar-refractivity contribution is 0.0985. The number of fused-ring (bicyclic) bond motifs is 1. The Morgan fingerprint density at radius 3 is 2.80 bits per heavy atom. The van der Waals surface area contributed by atoms with Crippen LogP contribution in [0.25, 0.3) is 0 Å². The zero-order chi connectivity index (χ0) is 14.1. The summed E-state index contributed by atoms with van der Waals surface area (Å²) >= 11 is 0. The van der Waals surface area contributed by atoms with E-state index in [0.29, 0.717) is 0 Å². The van der Waals surface area contributed by atoms with Gasteiger partial charge in [0.1, 0.15) is 0 Å². The minimum Gasteiger partial charge on any atom is -0.398 e. The third-order valence-electron chi connectivity index (χ3n) is 3.80. The van der Waals surface area contributed by atoms with Crippen molar-refractivity contribution in [3.05, 3.63) is 59.2 Å². The minimum absolute atomic E-state index is 0.0558. The van der Waals surface area contributed by atoms with E-state index in [4.69, 9.17) is 5.73 Å². The lowest BCUT2D eigenvalue weighted by Gasteiger charge is -2.30. The number of nitrogen functional groups attached to an aromatic ring is 1. The Morgan fingerprint density at radius 1 is 1.20 bits per heavy atom. The molecule has 0 spiro atoms. The highest BCUT2D eigenvalue weighted by atomic mass is 16.2. The van der Waals surface area contributed by atoms with Crippen LogP contribution >= 0.6 is 0 Å². The van der Waals surface area contributed by atoms with Crippen LogP contribution in [0.4, 0.5) is 11.4 Å². The Balaban J connectivity index is 2.01. The fourth-order valence-electron chi connectivity index (χ4n) is 2.80. The van der Waals surface area contributed by atoms with Crippen LogP contribution in [0, 0.1) is 6.92 Å². The summed E-state index contributed by atoms with van der Waals surface area (Å²) in [6.07, 6.45) is 1.90. The summed E-state index contributed by atoms with van der Waals surface area (Å²) in [6, 6.07) is 13.5. The predicted octanol–water partition coefficient (Wildman–Crippen LogP) is 3.17. The molecule has 0 aromatic heterocycles. The molecule has 3 rings (SSSR count). The third-order valence-corrected chi connectivity index (χ3v) is 3.80. The number of carbonyl (C=O) groups excluding carboxylic acids is 1. The lowest BCUT2D eigenvalue weighted by atomic mass is 9.99. The molecular formula is C17H18N2O. The van der Waals surface area contributed by atoms with Crippen molar-refractivity contribution in [3.8, 4) is 0 Å². The van der Waals surface area contributed by atoms with Crippen molar-refractivity contribution in [1.82, 2.24) is 0 Å². The zero-order valence-corrected chi connectivity index (χ0v) is 11.6. The van der Waals surface area contributed by atoms with Crippen molar-refractivity contribution in [2.75, 3.05) is 17.2 Å². The van der Waals surface area contributed by atoms with Gasteiger partial charge in [-0.1, -0.05) is 23.8 Å². The number of nitrogens with zero attached hydrogens (tertiary/aromatic N) is 1. The molecule has 2 aromatic carbocycles. The second kappa shape index (κ2) is 5.00. The largest absolute Gasteiger partial charge is 0.398 e. The van der Waals surface area contributed by atoms with E-state index in [1.807, 2.05) is 54.3 Å². The molecule has 0 atom stereocenters. The van der Waals surface area contributed by atoms with Gasteiger partial charge in [-0.15, -0.1) is 0 Å². The molecule has 2 N–H and O–H groups in total. The molecule has 2 aromatic rings. The van der Waals surface area contributed by atoms with Crippen molar-refractivity contribution in [2.24, 2.45) is 0 Å². The molecule has 3 nitrogen and oxygen atoms in total. The molecule has 0 fully saturated rings. The van der Waals surface area contributed by atoms with Crippen LogP contribution in [0.2, 0.25) is 0 Å². The maximum Gasteiger partial charge on any atom is 0.258 e. The Labute approximate surface area is 119 Å². The van der Waals surface area contributed by atoms with E-state index in [0.717, 1.165) is 47.5 Å². The van der Waals surface area contributed by atoms with Gasteiger partial charge in [-0.05, 0) is 49.6 Å².